The van der Waals surface area contributed by atoms with E-state index in [4.69, 9.17) is 0 Å². The summed E-state index contributed by atoms with van der Waals surface area (Å²) in [6.45, 7) is 2.54. The van der Waals surface area contributed by atoms with Gasteiger partial charge in [-0.25, -0.2) is 4.39 Å². The predicted molar refractivity (Wildman–Crippen MR) is 66.4 cm³/mol. The molecular weight excluding hydrogens is 241 g/mol. The van der Waals surface area contributed by atoms with E-state index in [2.05, 4.69) is 5.32 Å². The molecule has 1 amide bonds. The lowest BCUT2D eigenvalue weighted by Gasteiger charge is -2.04. The third-order valence-electron chi connectivity index (χ3n) is 2.08. The fourth-order valence-electron chi connectivity index (χ4n) is 1.33. The highest BCUT2D eigenvalue weighted by Gasteiger charge is 2.08. The van der Waals surface area contributed by atoms with Crippen LogP contribution in [0.3, 0.4) is 0 Å². The van der Waals surface area contributed by atoms with Gasteiger partial charge in [-0.1, -0.05) is 19.1 Å². The zero-order chi connectivity index (χ0) is 12.7. The van der Waals surface area contributed by atoms with Crippen LogP contribution in [0.25, 0.3) is 0 Å². The van der Waals surface area contributed by atoms with Gasteiger partial charge in [-0.05, 0) is 24.1 Å². The molecule has 0 spiro atoms. The Morgan fingerprint density at radius 2 is 2.24 bits per heavy atom. The summed E-state index contributed by atoms with van der Waals surface area (Å²) in [4.78, 5) is 11.3. The van der Waals surface area contributed by atoms with Gasteiger partial charge in [0, 0.05) is 23.1 Å². The molecule has 1 aromatic rings. The Labute approximate surface area is 103 Å². The molecule has 0 aliphatic carbocycles. The number of carbonyl (C=O) groups excluding carboxylic acids is 1. The summed E-state index contributed by atoms with van der Waals surface area (Å²) in [6.07, 6.45) is 0.849. The molecule has 0 saturated carbocycles. The second kappa shape index (κ2) is 7.17. The molecule has 17 heavy (non-hydrogen) atoms. The molecule has 0 heterocycles. The van der Waals surface area contributed by atoms with Crippen LogP contribution in [0.5, 0.6) is 0 Å². The minimum Gasteiger partial charge on any atom is -0.355 e. The van der Waals surface area contributed by atoms with Crippen molar-refractivity contribution in [2.24, 2.45) is 0 Å². The predicted octanol–water partition coefficient (Wildman–Crippen LogP) is 1.60. The van der Waals surface area contributed by atoms with Gasteiger partial charge in [0.05, 0.1) is 0 Å². The van der Waals surface area contributed by atoms with Gasteiger partial charge >= 0.3 is 0 Å². The first-order valence-corrected chi connectivity index (χ1v) is 6.96. The largest absolute Gasteiger partial charge is 0.355 e. The molecule has 0 radical (unpaired) electrons. The Bertz CT molecular complexity index is 409. The highest BCUT2D eigenvalue weighted by molar-refractivity contribution is 7.84. The van der Waals surface area contributed by atoms with Crippen molar-refractivity contribution >= 4 is 16.7 Å². The van der Waals surface area contributed by atoms with Crippen molar-refractivity contribution in [2.45, 2.75) is 19.1 Å². The minimum atomic E-state index is -1.29. The Kier molecular flexibility index (Phi) is 5.83. The summed E-state index contributed by atoms with van der Waals surface area (Å²) in [6, 6.07) is 5.94. The molecule has 0 saturated heterocycles. The van der Waals surface area contributed by atoms with Crippen LogP contribution in [-0.2, 0) is 21.3 Å². The summed E-state index contributed by atoms with van der Waals surface area (Å²) in [7, 11) is -1.29. The van der Waals surface area contributed by atoms with Gasteiger partial charge in [0.1, 0.15) is 11.6 Å². The number of hydrogen-bond acceptors (Lipinski definition) is 2. The van der Waals surface area contributed by atoms with E-state index in [1.807, 2.05) is 6.92 Å². The first-order valence-electron chi connectivity index (χ1n) is 5.48. The van der Waals surface area contributed by atoms with Crippen molar-refractivity contribution in [3.05, 3.63) is 35.6 Å². The molecule has 0 unspecified atom stereocenters. The molecule has 0 bridgehead atoms. The van der Waals surface area contributed by atoms with E-state index in [9.17, 15) is 13.4 Å². The zero-order valence-corrected chi connectivity index (χ0v) is 10.6. The lowest BCUT2D eigenvalue weighted by molar-refractivity contribution is -0.118. The lowest BCUT2D eigenvalue weighted by atomic mass is 10.2. The molecule has 0 aliphatic heterocycles. The van der Waals surface area contributed by atoms with Gasteiger partial charge < -0.3 is 5.32 Å². The van der Waals surface area contributed by atoms with E-state index in [1.54, 1.807) is 12.1 Å². The molecule has 94 valence electrons. The number of hydrogen-bond donors (Lipinski definition) is 1. The van der Waals surface area contributed by atoms with Crippen LogP contribution in [0.1, 0.15) is 18.9 Å². The fraction of sp³-hybridized carbons (Fsp3) is 0.417. The van der Waals surface area contributed by atoms with Gasteiger partial charge in [0.15, 0.2) is 0 Å². The molecule has 5 heteroatoms. The number of rotatable bonds is 6. The molecule has 1 atom stereocenters. The number of amides is 1. The molecule has 1 rings (SSSR count). The average molecular weight is 257 g/mol. The Hall–Kier alpha value is -1.23. The van der Waals surface area contributed by atoms with Crippen LogP contribution in [0.15, 0.2) is 24.3 Å². The van der Waals surface area contributed by atoms with Crippen LogP contribution in [0.2, 0.25) is 0 Å². The van der Waals surface area contributed by atoms with Crippen molar-refractivity contribution in [1.82, 2.24) is 5.32 Å². The highest BCUT2D eigenvalue weighted by Crippen LogP contribution is 2.06. The molecular formula is C12H16FNO2S. The SMILES string of the molecule is CCCNC(=O)C[S@@](=O)Cc1cccc(F)c1. The molecule has 0 aromatic heterocycles. The topological polar surface area (TPSA) is 46.2 Å². The third kappa shape index (κ3) is 5.58. The van der Waals surface area contributed by atoms with Gasteiger partial charge in [0.2, 0.25) is 5.91 Å². The molecule has 0 fully saturated rings. The van der Waals surface area contributed by atoms with E-state index in [-0.39, 0.29) is 23.2 Å². The maximum atomic E-state index is 12.9. The van der Waals surface area contributed by atoms with Crippen LogP contribution >= 0.6 is 0 Å². The van der Waals surface area contributed by atoms with Crippen molar-refractivity contribution in [1.29, 1.82) is 0 Å². The highest BCUT2D eigenvalue weighted by atomic mass is 32.2. The van der Waals surface area contributed by atoms with Crippen molar-refractivity contribution in [3.63, 3.8) is 0 Å². The van der Waals surface area contributed by atoms with Gasteiger partial charge in [0.25, 0.3) is 0 Å². The van der Waals surface area contributed by atoms with Crippen LogP contribution < -0.4 is 5.32 Å². The summed E-state index contributed by atoms with van der Waals surface area (Å²) in [5.41, 5.74) is 0.645. The number of benzene rings is 1. The quantitative estimate of drug-likeness (QED) is 0.841. The minimum absolute atomic E-state index is 0.0312. The number of halogens is 1. The van der Waals surface area contributed by atoms with Crippen molar-refractivity contribution in [3.8, 4) is 0 Å². The standard InChI is InChI=1S/C12H16FNO2S/c1-2-6-14-12(15)9-17(16)8-10-4-3-5-11(13)7-10/h3-5,7H,2,6,8-9H2,1H3,(H,14,15)/t17-/m0/s1. The van der Waals surface area contributed by atoms with Gasteiger partial charge in [-0.3, -0.25) is 9.00 Å². The first-order chi connectivity index (χ1) is 8.11. The van der Waals surface area contributed by atoms with Gasteiger partial charge in [-0.2, -0.15) is 0 Å². The lowest BCUT2D eigenvalue weighted by Crippen LogP contribution is -2.29. The van der Waals surface area contributed by atoms with E-state index in [0.29, 0.717) is 12.1 Å². The summed E-state index contributed by atoms with van der Waals surface area (Å²) >= 11 is 0. The third-order valence-corrected chi connectivity index (χ3v) is 3.32. The van der Waals surface area contributed by atoms with E-state index < -0.39 is 10.8 Å². The summed E-state index contributed by atoms with van der Waals surface area (Å²) < 4.78 is 24.5. The Balaban J connectivity index is 2.42. The second-order valence-corrected chi connectivity index (χ2v) is 5.17. The van der Waals surface area contributed by atoms with Crippen LogP contribution in [0, 0.1) is 5.82 Å². The van der Waals surface area contributed by atoms with Gasteiger partial charge in [-0.15, -0.1) is 0 Å². The van der Waals surface area contributed by atoms with Crippen molar-refractivity contribution in [2.75, 3.05) is 12.3 Å². The maximum absolute atomic E-state index is 12.9. The molecule has 0 aliphatic rings. The first kappa shape index (κ1) is 13.8. The summed E-state index contributed by atoms with van der Waals surface area (Å²) in [5, 5.41) is 2.65. The van der Waals surface area contributed by atoms with E-state index >= 15 is 0 Å². The normalized spacial score (nSPS) is 12.1. The van der Waals surface area contributed by atoms with E-state index in [1.165, 1.54) is 12.1 Å². The Morgan fingerprint density at radius 1 is 1.47 bits per heavy atom. The molecule has 1 aromatic carbocycles. The molecule has 3 nitrogen and oxygen atoms in total. The van der Waals surface area contributed by atoms with E-state index in [0.717, 1.165) is 6.42 Å². The van der Waals surface area contributed by atoms with Crippen LogP contribution in [0.4, 0.5) is 4.39 Å². The monoisotopic (exact) mass is 257 g/mol. The average Bonchev–Trinajstić information content (AvgIpc) is 2.26. The second-order valence-electron chi connectivity index (χ2n) is 3.71. The summed E-state index contributed by atoms with van der Waals surface area (Å²) in [5.74, 6) is -0.398. The number of carbonyl (C=O) groups is 1. The zero-order valence-electron chi connectivity index (χ0n) is 9.74. The fourth-order valence-corrected chi connectivity index (χ4v) is 2.37. The maximum Gasteiger partial charge on any atom is 0.232 e. The van der Waals surface area contributed by atoms with Crippen molar-refractivity contribution < 1.29 is 13.4 Å². The van der Waals surface area contributed by atoms with Crippen LogP contribution in [-0.4, -0.2) is 22.4 Å². The Morgan fingerprint density at radius 3 is 2.88 bits per heavy atom. The molecule has 1 N–H and O–H groups in total. The smallest absolute Gasteiger partial charge is 0.232 e. The number of nitrogens with one attached hydrogen (secondary N) is 1.